The molecule has 2 N–H and O–H groups in total. The zero-order chi connectivity index (χ0) is 10.2. The summed E-state index contributed by atoms with van der Waals surface area (Å²) >= 11 is 0. The average Bonchev–Trinajstić information content (AvgIpc) is 1.99. The molecule has 0 amide bonds. The van der Waals surface area contributed by atoms with Gasteiger partial charge in [0, 0.05) is 23.2 Å². The lowest BCUT2D eigenvalue weighted by Crippen LogP contribution is -2.12. The van der Waals surface area contributed by atoms with E-state index in [9.17, 15) is 13.2 Å². The smallest absolute Gasteiger partial charge is 0.136 e. The summed E-state index contributed by atoms with van der Waals surface area (Å²) in [5.41, 5.74) is 4.87. The monoisotopic (exact) mass is 189 g/mol. The normalized spacial score (nSPS) is 13.1. The van der Waals surface area contributed by atoms with E-state index >= 15 is 0 Å². The second-order valence-electron chi connectivity index (χ2n) is 2.98. The van der Waals surface area contributed by atoms with E-state index in [0.29, 0.717) is 6.07 Å². The van der Waals surface area contributed by atoms with Crippen LogP contribution in [-0.2, 0) is 0 Å². The van der Waals surface area contributed by atoms with Crippen molar-refractivity contribution in [3.05, 3.63) is 34.6 Å². The number of benzene rings is 1. The van der Waals surface area contributed by atoms with Crippen LogP contribution in [0.1, 0.15) is 24.1 Å². The molecule has 0 spiro atoms. The number of nitrogens with two attached hydrogens (primary N) is 1. The van der Waals surface area contributed by atoms with Gasteiger partial charge in [0.15, 0.2) is 0 Å². The Labute approximate surface area is 74.4 Å². The lowest BCUT2D eigenvalue weighted by atomic mass is 10.0. The van der Waals surface area contributed by atoms with Crippen LogP contribution in [-0.4, -0.2) is 0 Å². The maximum absolute atomic E-state index is 13.2. The maximum Gasteiger partial charge on any atom is 0.136 e. The molecule has 0 radical (unpaired) electrons. The fourth-order valence-electron chi connectivity index (χ4n) is 1.13. The summed E-state index contributed by atoms with van der Waals surface area (Å²) in [5, 5.41) is 0. The predicted octanol–water partition coefficient (Wildman–Crippen LogP) is 2.43. The molecule has 0 heterocycles. The Kier molecular flexibility index (Phi) is 2.61. The first-order valence-electron chi connectivity index (χ1n) is 3.84. The summed E-state index contributed by atoms with van der Waals surface area (Å²) in [4.78, 5) is 0. The molecule has 0 saturated heterocycles. The van der Waals surface area contributed by atoms with Gasteiger partial charge in [0.05, 0.1) is 0 Å². The van der Waals surface area contributed by atoms with E-state index in [0.717, 1.165) is 0 Å². The van der Waals surface area contributed by atoms with Crippen molar-refractivity contribution in [3.63, 3.8) is 0 Å². The van der Waals surface area contributed by atoms with Crippen molar-refractivity contribution in [2.24, 2.45) is 5.73 Å². The third kappa shape index (κ3) is 1.67. The summed E-state index contributed by atoms with van der Waals surface area (Å²) in [6.45, 7) is 2.69. The van der Waals surface area contributed by atoms with Crippen LogP contribution in [0.15, 0.2) is 6.07 Å². The molecule has 0 bridgehead atoms. The zero-order valence-electron chi connectivity index (χ0n) is 7.37. The van der Waals surface area contributed by atoms with Gasteiger partial charge in [0.1, 0.15) is 17.5 Å². The second kappa shape index (κ2) is 3.38. The van der Waals surface area contributed by atoms with Crippen LogP contribution in [0.3, 0.4) is 0 Å². The van der Waals surface area contributed by atoms with E-state index in [1.165, 1.54) is 13.8 Å². The molecule has 0 saturated carbocycles. The van der Waals surface area contributed by atoms with Crippen LogP contribution >= 0.6 is 0 Å². The molecule has 1 aromatic rings. The van der Waals surface area contributed by atoms with Gasteiger partial charge in [-0.1, -0.05) is 0 Å². The molecular formula is C9H10F3N. The Morgan fingerprint density at radius 2 is 1.77 bits per heavy atom. The van der Waals surface area contributed by atoms with Crippen LogP contribution in [0.4, 0.5) is 13.2 Å². The first-order valence-corrected chi connectivity index (χ1v) is 3.84. The summed E-state index contributed by atoms with van der Waals surface area (Å²) in [6, 6.07) is -0.129. The average molecular weight is 189 g/mol. The van der Waals surface area contributed by atoms with Gasteiger partial charge >= 0.3 is 0 Å². The largest absolute Gasteiger partial charge is 0.324 e. The highest BCUT2D eigenvalue weighted by molar-refractivity contribution is 5.29. The van der Waals surface area contributed by atoms with E-state index < -0.39 is 23.5 Å². The van der Waals surface area contributed by atoms with Crippen LogP contribution in [0.2, 0.25) is 0 Å². The fourth-order valence-corrected chi connectivity index (χ4v) is 1.13. The summed E-state index contributed by atoms with van der Waals surface area (Å²) in [6.07, 6.45) is 0. The number of hydrogen-bond donors (Lipinski definition) is 1. The Bertz CT molecular complexity index is 334. The predicted molar refractivity (Wildman–Crippen MR) is 43.7 cm³/mol. The minimum Gasteiger partial charge on any atom is -0.324 e. The molecule has 0 aliphatic rings. The van der Waals surface area contributed by atoms with E-state index in [2.05, 4.69) is 0 Å². The first-order chi connectivity index (χ1) is 5.95. The van der Waals surface area contributed by atoms with Crippen molar-refractivity contribution in [2.75, 3.05) is 0 Å². The van der Waals surface area contributed by atoms with E-state index in [1.807, 2.05) is 0 Å². The minimum absolute atomic E-state index is 0.200. The SMILES string of the molecule is Cc1c(F)cc(F)c(C(C)N)c1F. The minimum atomic E-state index is -0.935. The molecule has 4 heteroatoms. The molecule has 1 atom stereocenters. The quantitative estimate of drug-likeness (QED) is 0.721. The lowest BCUT2D eigenvalue weighted by molar-refractivity contribution is 0.501. The Balaban J connectivity index is 3.44. The van der Waals surface area contributed by atoms with Crippen molar-refractivity contribution >= 4 is 0 Å². The summed E-state index contributed by atoms with van der Waals surface area (Å²) in [7, 11) is 0. The van der Waals surface area contributed by atoms with E-state index in [4.69, 9.17) is 5.73 Å². The molecule has 1 aromatic carbocycles. The topological polar surface area (TPSA) is 26.0 Å². The third-order valence-electron chi connectivity index (χ3n) is 1.89. The van der Waals surface area contributed by atoms with Crippen LogP contribution in [0.5, 0.6) is 0 Å². The van der Waals surface area contributed by atoms with E-state index in [1.54, 1.807) is 0 Å². The standard InChI is InChI=1S/C9H10F3N/c1-4-6(10)3-7(11)8(5(2)13)9(4)12/h3,5H,13H2,1-2H3. The highest BCUT2D eigenvalue weighted by Gasteiger charge is 2.18. The molecule has 0 aliphatic heterocycles. The first kappa shape index (κ1) is 10.1. The van der Waals surface area contributed by atoms with Gasteiger partial charge in [-0.3, -0.25) is 0 Å². The van der Waals surface area contributed by atoms with Gasteiger partial charge in [-0.05, 0) is 13.8 Å². The summed E-state index contributed by atoms with van der Waals surface area (Å²) in [5.74, 6) is -2.72. The van der Waals surface area contributed by atoms with Gasteiger partial charge in [-0.25, -0.2) is 13.2 Å². The Hall–Kier alpha value is -1.03. The molecule has 0 aliphatic carbocycles. The summed E-state index contributed by atoms with van der Waals surface area (Å²) < 4.78 is 39.0. The lowest BCUT2D eigenvalue weighted by Gasteiger charge is -2.10. The Morgan fingerprint density at radius 1 is 1.23 bits per heavy atom. The maximum atomic E-state index is 13.2. The third-order valence-corrected chi connectivity index (χ3v) is 1.89. The molecule has 0 fully saturated rings. The van der Waals surface area contributed by atoms with Crippen molar-refractivity contribution in [2.45, 2.75) is 19.9 Å². The van der Waals surface area contributed by atoms with Crippen molar-refractivity contribution < 1.29 is 13.2 Å². The fraction of sp³-hybridized carbons (Fsp3) is 0.333. The second-order valence-corrected chi connectivity index (χ2v) is 2.98. The zero-order valence-corrected chi connectivity index (χ0v) is 7.37. The molecule has 13 heavy (non-hydrogen) atoms. The van der Waals surface area contributed by atoms with Crippen molar-refractivity contribution in [1.29, 1.82) is 0 Å². The van der Waals surface area contributed by atoms with E-state index in [-0.39, 0.29) is 11.1 Å². The van der Waals surface area contributed by atoms with Gasteiger partial charge < -0.3 is 5.73 Å². The van der Waals surface area contributed by atoms with Gasteiger partial charge in [-0.15, -0.1) is 0 Å². The van der Waals surface area contributed by atoms with Crippen LogP contribution in [0.25, 0.3) is 0 Å². The molecule has 72 valence electrons. The molecule has 0 aromatic heterocycles. The van der Waals surface area contributed by atoms with Crippen LogP contribution in [0, 0.1) is 24.4 Å². The number of halogens is 3. The number of rotatable bonds is 1. The van der Waals surface area contributed by atoms with Crippen LogP contribution < -0.4 is 5.73 Å². The van der Waals surface area contributed by atoms with Crippen molar-refractivity contribution in [1.82, 2.24) is 0 Å². The Morgan fingerprint density at radius 3 is 2.23 bits per heavy atom. The van der Waals surface area contributed by atoms with Gasteiger partial charge in [0.25, 0.3) is 0 Å². The van der Waals surface area contributed by atoms with Gasteiger partial charge in [0.2, 0.25) is 0 Å². The highest BCUT2D eigenvalue weighted by Crippen LogP contribution is 2.23. The molecule has 1 unspecified atom stereocenters. The molecular weight excluding hydrogens is 179 g/mol. The van der Waals surface area contributed by atoms with Crippen molar-refractivity contribution in [3.8, 4) is 0 Å². The van der Waals surface area contributed by atoms with Gasteiger partial charge in [-0.2, -0.15) is 0 Å². The molecule has 1 rings (SSSR count). The highest BCUT2D eigenvalue weighted by atomic mass is 19.1. The number of hydrogen-bond acceptors (Lipinski definition) is 1. The molecule has 1 nitrogen and oxygen atoms in total.